The van der Waals surface area contributed by atoms with Crippen molar-refractivity contribution < 1.29 is 4.74 Å². The maximum atomic E-state index is 5.49. The number of aromatic nitrogens is 2. The first-order valence-electron chi connectivity index (χ1n) is 5.38. The van der Waals surface area contributed by atoms with Crippen LogP contribution in [-0.2, 0) is 0 Å². The molecule has 0 bridgehead atoms. The third-order valence-electron chi connectivity index (χ3n) is 2.63. The zero-order valence-corrected chi connectivity index (χ0v) is 9.03. The Morgan fingerprint density at radius 1 is 1.25 bits per heavy atom. The number of hydrogen-bond acceptors (Lipinski definition) is 2. The molecule has 0 spiro atoms. The fourth-order valence-corrected chi connectivity index (χ4v) is 1.95. The van der Waals surface area contributed by atoms with Crippen molar-refractivity contribution in [2.45, 2.75) is 6.92 Å². The maximum absolute atomic E-state index is 5.49. The minimum atomic E-state index is 0.682. The Hall–Kier alpha value is -2.03. The molecule has 1 N–H and O–H groups in total. The molecule has 0 aliphatic carbocycles. The predicted molar refractivity (Wildman–Crippen MR) is 64.8 cm³/mol. The van der Waals surface area contributed by atoms with E-state index in [2.05, 4.69) is 9.97 Å². The van der Waals surface area contributed by atoms with Gasteiger partial charge in [0, 0.05) is 17.1 Å². The average molecular weight is 212 g/mol. The quantitative estimate of drug-likeness (QED) is 0.708. The second kappa shape index (κ2) is 3.52. The van der Waals surface area contributed by atoms with E-state index in [0.29, 0.717) is 6.61 Å². The summed E-state index contributed by atoms with van der Waals surface area (Å²) in [6.07, 6.45) is 1.81. The lowest BCUT2D eigenvalue weighted by atomic mass is 10.2. The Morgan fingerprint density at radius 3 is 3.06 bits per heavy atom. The first-order chi connectivity index (χ1) is 7.88. The first kappa shape index (κ1) is 9.21. The number of rotatable bonds is 2. The molecule has 80 valence electrons. The van der Waals surface area contributed by atoms with E-state index in [9.17, 15) is 0 Å². The molecule has 0 fully saturated rings. The van der Waals surface area contributed by atoms with Gasteiger partial charge in [0.1, 0.15) is 5.75 Å². The molecular formula is C13H12N2O. The number of fused-ring (bicyclic) bond motifs is 3. The molecule has 2 heterocycles. The third-order valence-corrected chi connectivity index (χ3v) is 2.63. The molecule has 0 amide bonds. The summed E-state index contributed by atoms with van der Waals surface area (Å²) in [7, 11) is 0. The highest BCUT2D eigenvalue weighted by molar-refractivity contribution is 6.05. The van der Waals surface area contributed by atoms with Gasteiger partial charge in [-0.2, -0.15) is 0 Å². The first-order valence-corrected chi connectivity index (χ1v) is 5.38. The van der Waals surface area contributed by atoms with Gasteiger partial charge in [0.15, 0.2) is 0 Å². The lowest BCUT2D eigenvalue weighted by molar-refractivity contribution is 0.341. The zero-order chi connectivity index (χ0) is 11.0. The van der Waals surface area contributed by atoms with Crippen LogP contribution in [0, 0.1) is 0 Å². The summed E-state index contributed by atoms with van der Waals surface area (Å²) in [5.74, 6) is 0.890. The largest absolute Gasteiger partial charge is 0.494 e. The number of aromatic amines is 1. The van der Waals surface area contributed by atoms with Crippen molar-refractivity contribution in [1.82, 2.24) is 9.97 Å². The van der Waals surface area contributed by atoms with Crippen molar-refractivity contribution >= 4 is 21.9 Å². The number of ether oxygens (including phenoxy) is 1. The molecule has 0 atom stereocenters. The van der Waals surface area contributed by atoms with Gasteiger partial charge >= 0.3 is 0 Å². The van der Waals surface area contributed by atoms with Gasteiger partial charge in [-0.05, 0) is 37.3 Å². The molecule has 1 aromatic carbocycles. The number of hydrogen-bond donors (Lipinski definition) is 1. The second-order valence-corrected chi connectivity index (χ2v) is 3.66. The van der Waals surface area contributed by atoms with Gasteiger partial charge in [0.25, 0.3) is 0 Å². The standard InChI is InChI=1S/C13H12N2O/c1-2-16-9-5-6-11-10(8-9)13-12(15-11)4-3-7-14-13/h3-8,15H,2H2,1H3. The number of benzene rings is 1. The van der Waals surface area contributed by atoms with Crippen LogP contribution in [0.3, 0.4) is 0 Å². The highest BCUT2D eigenvalue weighted by Gasteiger charge is 2.05. The van der Waals surface area contributed by atoms with Crippen molar-refractivity contribution in [2.24, 2.45) is 0 Å². The van der Waals surface area contributed by atoms with Gasteiger partial charge in [-0.3, -0.25) is 4.98 Å². The number of pyridine rings is 1. The molecule has 2 aromatic heterocycles. The molecule has 0 aliphatic heterocycles. The molecule has 3 rings (SSSR count). The van der Waals surface area contributed by atoms with Crippen LogP contribution in [0.4, 0.5) is 0 Å². The van der Waals surface area contributed by atoms with E-state index < -0.39 is 0 Å². The van der Waals surface area contributed by atoms with E-state index in [0.717, 1.165) is 27.7 Å². The van der Waals surface area contributed by atoms with Gasteiger partial charge in [0.05, 0.1) is 17.6 Å². The van der Waals surface area contributed by atoms with Gasteiger partial charge < -0.3 is 9.72 Å². The number of nitrogens with one attached hydrogen (secondary N) is 1. The van der Waals surface area contributed by atoms with E-state index in [1.807, 2.05) is 43.5 Å². The van der Waals surface area contributed by atoms with Gasteiger partial charge in [0.2, 0.25) is 0 Å². The summed E-state index contributed by atoms with van der Waals surface area (Å²) >= 11 is 0. The summed E-state index contributed by atoms with van der Waals surface area (Å²) < 4.78 is 5.49. The Labute approximate surface area is 93.1 Å². The lowest BCUT2D eigenvalue weighted by Gasteiger charge is -2.01. The minimum absolute atomic E-state index is 0.682. The van der Waals surface area contributed by atoms with Crippen LogP contribution in [0.2, 0.25) is 0 Å². The summed E-state index contributed by atoms with van der Waals surface area (Å²) in [6.45, 7) is 2.67. The van der Waals surface area contributed by atoms with Gasteiger partial charge in [-0.25, -0.2) is 0 Å². The topological polar surface area (TPSA) is 37.9 Å². The molecule has 0 unspecified atom stereocenters. The molecule has 3 heteroatoms. The summed E-state index contributed by atoms with van der Waals surface area (Å²) in [6, 6.07) is 10.00. The van der Waals surface area contributed by atoms with E-state index in [1.165, 1.54) is 0 Å². The van der Waals surface area contributed by atoms with Crippen LogP contribution in [0.5, 0.6) is 5.75 Å². The minimum Gasteiger partial charge on any atom is -0.494 e. The average Bonchev–Trinajstić information content (AvgIpc) is 2.68. The van der Waals surface area contributed by atoms with Crippen molar-refractivity contribution in [3.63, 3.8) is 0 Å². The highest BCUT2D eigenvalue weighted by atomic mass is 16.5. The van der Waals surface area contributed by atoms with E-state index in [4.69, 9.17) is 4.74 Å². The van der Waals surface area contributed by atoms with Crippen LogP contribution >= 0.6 is 0 Å². The number of nitrogens with zero attached hydrogens (tertiary/aromatic N) is 1. The fourth-order valence-electron chi connectivity index (χ4n) is 1.95. The van der Waals surface area contributed by atoms with E-state index in [1.54, 1.807) is 0 Å². The zero-order valence-electron chi connectivity index (χ0n) is 9.03. The molecule has 0 saturated heterocycles. The second-order valence-electron chi connectivity index (χ2n) is 3.66. The summed E-state index contributed by atoms with van der Waals surface area (Å²) in [4.78, 5) is 7.71. The summed E-state index contributed by atoms with van der Waals surface area (Å²) in [5, 5.41) is 1.11. The van der Waals surface area contributed by atoms with Crippen molar-refractivity contribution in [1.29, 1.82) is 0 Å². The fraction of sp³-hybridized carbons (Fsp3) is 0.154. The molecule has 0 aliphatic rings. The maximum Gasteiger partial charge on any atom is 0.120 e. The van der Waals surface area contributed by atoms with Crippen LogP contribution in [0.1, 0.15) is 6.92 Å². The van der Waals surface area contributed by atoms with Crippen LogP contribution < -0.4 is 4.74 Å². The Bertz CT molecular complexity index is 643. The van der Waals surface area contributed by atoms with E-state index in [-0.39, 0.29) is 0 Å². The molecule has 0 saturated carbocycles. The normalized spacial score (nSPS) is 11.1. The van der Waals surface area contributed by atoms with Crippen molar-refractivity contribution in [2.75, 3.05) is 6.61 Å². The van der Waals surface area contributed by atoms with E-state index >= 15 is 0 Å². The van der Waals surface area contributed by atoms with Crippen LogP contribution in [-0.4, -0.2) is 16.6 Å². The van der Waals surface area contributed by atoms with Crippen LogP contribution in [0.15, 0.2) is 36.5 Å². The monoisotopic (exact) mass is 212 g/mol. The smallest absolute Gasteiger partial charge is 0.120 e. The third kappa shape index (κ3) is 1.33. The Balaban J connectivity index is 2.31. The SMILES string of the molecule is CCOc1ccc2[nH]c3cccnc3c2c1. The van der Waals surface area contributed by atoms with Gasteiger partial charge in [-0.15, -0.1) is 0 Å². The summed E-state index contributed by atoms with van der Waals surface area (Å²) in [5.41, 5.74) is 3.15. The predicted octanol–water partition coefficient (Wildman–Crippen LogP) is 3.11. The molecule has 3 nitrogen and oxygen atoms in total. The Morgan fingerprint density at radius 2 is 2.19 bits per heavy atom. The van der Waals surface area contributed by atoms with Crippen LogP contribution in [0.25, 0.3) is 21.9 Å². The molecule has 3 aromatic rings. The Kier molecular flexibility index (Phi) is 2.03. The number of H-pyrrole nitrogens is 1. The lowest BCUT2D eigenvalue weighted by Crippen LogP contribution is -1.90. The molecule has 16 heavy (non-hydrogen) atoms. The molecule has 0 radical (unpaired) electrons. The van der Waals surface area contributed by atoms with Crippen molar-refractivity contribution in [3.8, 4) is 5.75 Å². The highest BCUT2D eigenvalue weighted by Crippen LogP contribution is 2.26. The van der Waals surface area contributed by atoms with Crippen molar-refractivity contribution in [3.05, 3.63) is 36.5 Å². The molecular weight excluding hydrogens is 200 g/mol. The van der Waals surface area contributed by atoms with Gasteiger partial charge in [-0.1, -0.05) is 0 Å².